The first kappa shape index (κ1) is 15.1. The number of urea groups is 1. The lowest BCUT2D eigenvalue weighted by Crippen LogP contribution is -2.48. The molecule has 0 unspecified atom stereocenters. The van der Waals surface area contributed by atoms with Gasteiger partial charge in [0.2, 0.25) is 0 Å². The number of nitrogens with zero attached hydrogens (tertiary/aromatic N) is 2. The summed E-state index contributed by atoms with van der Waals surface area (Å²) < 4.78 is 0. The molecule has 5 heteroatoms. The zero-order valence-electron chi connectivity index (χ0n) is 14.0. The van der Waals surface area contributed by atoms with Crippen molar-refractivity contribution in [3.8, 4) is 0 Å². The van der Waals surface area contributed by atoms with Gasteiger partial charge in [-0.25, -0.2) is 4.79 Å². The molecule has 0 bridgehead atoms. The van der Waals surface area contributed by atoms with E-state index in [4.69, 9.17) is 0 Å². The highest BCUT2D eigenvalue weighted by Crippen LogP contribution is 2.45. The van der Waals surface area contributed by atoms with Crippen molar-refractivity contribution in [3.05, 3.63) is 41.6 Å². The molecule has 2 heterocycles. The Hall–Kier alpha value is -2.43. The van der Waals surface area contributed by atoms with E-state index in [1.165, 1.54) is 4.90 Å². The summed E-state index contributed by atoms with van der Waals surface area (Å²) in [6.45, 7) is 4.21. The molecule has 1 aromatic carbocycles. The minimum Gasteiger partial charge on any atom is -0.323 e. The highest BCUT2D eigenvalue weighted by Gasteiger charge is 2.57. The van der Waals surface area contributed by atoms with Crippen LogP contribution in [0.3, 0.4) is 0 Å². The standard InChI is InChI=1S/C19H21N3O2/c1-3-19(14-8-9-14)17(23)22(18(24)21-19)11-13-10-12(2)20-16-7-5-4-6-15(13)16/h4-7,10,14H,3,8-9,11H2,1-2H3,(H,21,24)/t19-/m0/s1. The molecular weight excluding hydrogens is 302 g/mol. The molecule has 1 saturated carbocycles. The lowest BCUT2D eigenvalue weighted by molar-refractivity contribution is -0.132. The number of amides is 3. The van der Waals surface area contributed by atoms with E-state index >= 15 is 0 Å². The summed E-state index contributed by atoms with van der Waals surface area (Å²) in [4.78, 5) is 31.4. The number of aryl methyl sites for hydroxylation is 1. The smallest absolute Gasteiger partial charge is 0.323 e. The summed E-state index contributed by atoms with van der Waals surface area (Å²) in [7, 11) is 0. The van der Waals surface area contributed by atoms with E-state index in [1.54, 1.807) is 0 Å². The number of para-hydroxylation sites is 1. The summed E-state index contributed by atoms with van der Waals surface area (Å²) >= 11 is 0. The third-order valence-electron chi connectivity index (χ3n) is 5.29. The number of fused-ring (bicyclic) bond motifs is 1. The number of rotatable bonds is 4. The van der Waals surface area contributed by atoms with Crippen LogP contribution in [0.4, 0.5) is 4.79 Å². The first-order chi connectivity index (χ1) is 11.5. The van der Waals surface area contributed by atoms with Crippen LogP contribution in [0.5, 0.6) is 0 Å². The van der Waals surface area contributed by atoms with Gasteiger partial charge in [-0.05, 0) is 49.8 Å². The van der Waals surface area contributed by atoms with E-state index in [0.29, 0.717) is 18.9 Å². The number of imide groups is 1. The second-order valence-corrected chi connectivity index (χ2v) is 6.86. The van der Waals surface area contributed by atoms with Gasteiger partial charge in [-0.3, -0.25) is 14.7 Å². The van der Waals surface area contributed by atoms with Crippen molar-refractivity contribution in [1.29, 1.82) is 0 Å². The summed E-state index contributed by atoms with van der Waals surface area (Å²) in [5.74, 6) is 0.218. The Kier molecular flexibility index (Phi) is 3.34. The number of nitrogens with one attached hydrogen (secondary N) is 1. The summed E-state index contributed by atoms with van der Waals surface area (Å²) in [6.07, 6.45) is 2.69. The Morgan fingerprint density at radius 2 is 2.04 bits per heavy atom. The van der Waals surface area contributed by atoms with Gasteiger partial charge in [-0.15, -0.1) is 0 Å². The molecule has 1 N–H and O–H groups in total. The molecule has 0 spiro atoms. The number of hydrogen-bond donors (Lipinski definition) is 1. The van der Waals surface area contributed by atoms with Crippen LogP contribution in [0, 0.1) is 12.8 Å². The van der Waals surface area contributed by atoms with Gasteiger partial charge >= 0.3 is 6.03 Å². The molecule has 1 saturated heterocycles. The number of pyridine rings is 1. The van der Waals surface area contributed by atoms with Crippen LogP contribution in [0.15, 0.2) is 30.3 Å². The SMILES string of the molecule is CC[C@@]1(C2CC2)NC(=O)N(Cc2cc(C)nc3ccccc23)C1=O. The van der Waals surface area contributed by atoms with E-state index in [0.717, 1.165) is 35.0 Å². The number of carbonyl (C=O) groups excluding carboxylic acids is 2. The minimum atomic E-state index is -0.686. The third-order valence-corrected chi connectivity index (χ3v) is 5.29. The molecule has 0 radical (unpaired) electrons. The van der Waals surface area contributed by atoms with E-state index < -0.39 is 5.54 Å². The largest absolute Gasteiger partial charge is 0.325 e. The van der Waals surface area contributed by atoms with Gasteiger partial charge in [-0.2, -0.15) is 0 Å². The van der Waals surface area contributed by atoms with Crippen LogP contribution in [0.1, 0.15) is 37.4 Å². The van der Waals surface area contributed by atoms with Crippen molar-refractivity contribution in [2.75, 3.05) is 0 Å². The van der Waals surface area contributed by atoms with Crippen LogP contribution in [0.25, 0.3) is 10.9 Å². The van der Waals surface area contributed by atoms with Crippen molar-refractivity contribution < 1.29 is 9.59 Å². The Balaban J connectivity index is 1.71. The molecule has 1 aromatic heterocycles. The molecule has 1 aliphatic carbocycles. The van der Waals surface area contributed by atoms with E-state index in [1.807, 2.05) is 44.2 Å². The Bertz CT molecular complexity index is 844. The molecular formula is C19H21N3O2. The fraction of sp³-hybridized carbons (Fsp3) is 0.421. The zero-order chi connectivity index (χ0) is 16.9. The van der Waals surface area contributed by atoms with Crippen LogP contribution in [0.2, 0.25) is 0 Å². The molecule has 3 amide bonds. The predicted octanol–water partition coefficient (Wildman–Crippen LogP) is 3.15. The van der Waals surface area contributed by atoms with Gasteiger partial charge in [0, 0.05) is 11.1 Å². The molecule has 1 atom stereocenters. The quantitative estimate of drug-likeness (QED) is 0.879. The van der Waals surface area contributed by atoms with Gasteiger partial charge in [-0.1, -0.05) is 25.1 Å². The predicted molar refractivity (Wildman–Crippen MR) is 91.3 cm³/mol. The first-order valence-corrected chi connectivity index (χ1v) is 8.54. The molecule has 24 heavy (non-hydrogen) atoms. The van der Waals surface area contributed by atoms with Gasteiger partial charge in [0.1, 0.15) is 5.54 Å². The van der Waals surface area contributed by atoms with Crippen molar-refractivity contribution >= 4 is 22.8 Å². The average molecular weight is 323 g/mol. The molecule has 2 aromatic rings. The topological polar surface area (TPSA) is 62.3 Å². The van der Waals surface area contributed by atoms with Crippen molar-refractivity contribution in [3.63, 3.8) is 0 Å². The third kappa shape index (κ3) is 2.19. The maximum absolute atomic E-state index is 13.0. The maximum atomic E-state index is 13.0. The van der Waals surface area contributed by atoms with Crippen LogP contribution < -0.4 is 5.32 Å². The lowest BCUT2D eigenvalue weighted by Gasteiger charge is -2.25. The molecule has 1 aliphatic heterocycles. The summed E-state index contributed by atoms with van der Waals surface area (Å²) in [6, 6.07) is 9.54. The van der Waals surface area contributed by atoms with Gasteiger partial charge in [0.05, 0.1) is 12.1 Å². The van der Waals surface area contributed by atoms with Crippen LogP contribution in [-0.4, -0.2) is 27.4 Å². The van der Waals surface area contributed by atoms with Gasteiger partial charge < -0.3 is 5.32 Å². The summed E-state index contributed by atoms with van der Waals surface area (Å²) in [5, 5.41) is 3.97. The second kappa shape index (κ2) is 5.30. The Morgan fingerprint density at radius 1 is 1.29 bits per heavy atom. The number of aromatic nitrogens is 1. The first-order valence-electron chi connectivity index (χ1n) is 8.54. The van der Waals surface area contributed by atoms with Crippen molar-refractivity contribution in [2.45, 2.75) is 45.2 Å². The maximum Gasteiger partial charge on any atom is 0.325 e. The van der Waals surface area contributed by atoms with E-state index in [9.17, 15) is 9.59 Å². The highest BCUT2D eigenvalue weighted by molar-refractivity contribution is 6.07. The normalized spacial score (nSPS) is 23.8. The monoisotopic (exact) mass is 323 g/mol. The molecule has 2 fully saturated rings. The molecule has 5 nitrogen and oxygen atoms in total. The van der Waals surface area contributed by atoms with Gasteiger partial charge in [0.15, 0.2) is 0 Å². The van der Waals surface area contributed by atoms with Crippen LogP contribution >= 0.6 is 0 Å². The second-order valence-electron chi connectivity index (χ2n) is 6.86. The Morgan fingerprint density at radius 3 is 2.75 bits per heavy atom. The van der Waals surface area contributed by atoms with E-state index in [2.05, 4.69) is 10.3 Å². The molecule has 124 valence electrons. The van der Waals surface area contributed by atoms with Crippen LogP contribution in [-0.2, 0) is 11.3 Å². The van der Waals surface area contributed by atoms with E-state index in [-0.39, 0.29) is 11.9 Å². The minimum absolute atomic E-state index is 0.0731. The fourth-order valence-corrected chi connectivity index (χ4v) is 3.87. The average Bonchev–Trinajstić information content (AvgIpc) is 3.38. The van der Waals surface area contributed by atoms with Crippen molar-refractivity contribution in [1.82, 2.24) is 15.2 Å². The fourth-order valence-electron chi connectivity index (χ4n) is 3.87. The highest BCUT2D eigenvalue weighted by atomic mass is 16.2. The molecule has 2 aliphatic rings. The number of carbonyl (C=O) groups is 2. The zero-order valence-corrected chi connectivity index (χ0v) is 14.0. The number of benzene rings is 1. The number of hydrogen-bond acceptors (Lipinski definition) is 3. The lowest BCUT2D eigenvalue weighted by atomic mass is 9.90. The Labute approximate surface area is 141 Å². The molecule has 4 rings (SSSR count). The summed E-state index contributed by atoms with van der Waals surface area (Å²) in [5.41, 5.74) is 2.06. The van der Waals surface area contributed by atoms with Gasteiger partial charge in [0.25, 0.3) is 5.91 Å². The van der Waals surface area contributed by atoms with Crippen molar-refractivity contribution in [2.24, 2.45) is 5.92 Å².